The van der Waals surface area contributed by atoms with Crippen molar-refractivity contribution >= 4 is 16.9 Å². The van der Waals surface area contributed by atoms with Crippen molar-refractivity contribution in [3.05, 3.63) is 40.8 Å². The first kappa shape index (κ1) is 20.1. The Hall–Kier alpha value is -2.80. The maximum Gasteiger partial charge on any atom is 0.255 e. The summed E-state index contributed by atoms with van der Waals surface area (Å²) in [6.45, 7) is 12.1. The highest BCUT2D eigenvalue weighted by atomic mass is 16.5. The van der Waals surface area contributed by atoms with Gasteiger partial charge in [0.1, 0.15) is 5.75 Å². The molecular weight excluding hydrogens is 390 g/mol. The fourth-order valence-corrected chi connectivity index (χ4v) is 5.10. The van der Waals surface area contributed by atoms with E-state index in [9.17, 15) is 4.79 Å². The summed E-state index contributed by atoms with van der Waals surface area (Å²) in [4.78, 5) is 23.5. The maximum absolute atomic E-state index is 13.0. The number of H-pyrrole nitrogens is 1. The van der Waals surface area contributed by atoms with E-state index in [0.717, 1.165) is 54.3 Å². The molecule has 1 saturated heterocycles. The van der Waals surface area contributed by atoms with Gasteiger partial charge in [0.15, 0.2) is 0 Å². The number of ether oxygens (including phenoxy) is 1. The van der Waals surface area contributed by atoms with E-state index in [1.807, 2.05) is 18.3 Å². The molecule has 2 aliphatic rings. The summed E-state index contributed by atoms with van der Waals surface area (Å²) in [6, 6.07) is 7.99. The predicted octanol–water partition coefficient (Wildman–Crippen LogP) is 3.39. The zero-order chi connectivity index (χ0) is 21.8. The average Bonchev–Trinajstić information content (AvgIpc) is 3.42. The molecule has 5 rings (SSSR count). The molecule has 0 bridgehead atoms. The fraction of sp³-hybridized carbons (Fsp3) is 0.500. The fourth-order valence-electron chi connectivity index (χ4n) is 5.10. The molecule has 0 radical (unpaired) electrons. The number of nitrogens with one attached hydrogen (secondary N) is 2. The standard InChI is InChI=1S/C24H31N5O2/c1-15(2)29-23-27-21(10-22(30)28(23)14-24(29,3)4)19-12-26-20-6-5-17(9-18(19)20)31-13-16-7-8-25-11-16/h5-6,9-10,12,15-16,25-26H,7-8,11,13-14H2,1-4H3. The first-order chi connectivity index (χ1) is 14.8. The normalized spacial score (nSPS) is 20.0. The Bertz CT molecular complexity index is 1170. The molecule has 7 heteroatoms. The second-order valence-corrected chi connectivity index (χ2v) is 9.72. The minimum absolute atomic E-state index is 0.00767. The third-order valence-corrected chi connectivity index (χ3v) is 6.49. The van der Waals surface area contributed by atoms with Gasteiger partial charge < -0.3 is 19.9 Å². The van der Waals surface area contributed by atoms with Crippen molar-refractivity contribution in [2.75, 3.05) is 24.6 Å². The number of rotatable bonds is 5. The summed E-state index contributed by atoms with van der Waals surface area (Å²) < 4.78 is 7.88. The van der Waals surface area contributed by atoms with Gasteiger partial charge in [-0.1, -0.05) is 0 Å². The Labute approximate surface area is 182 Å². The van der Waals surface area contributed by atoms with Crippen LogP contribution in [-0.2, 0) is 6.54 Å². The van der Waals surface area contributed by atoms with E-state index < -0.39 is 0 Å². The van der Waals surface area contributed by atoms with E-state index >= 15 is 0 Å². The molecule has 0 saturated carbocycles. The van der Waals surface area contributed by atoms with Crippen LogP contribution in [0.2, 0.25) is 0 Å². The number of hydrogen-bond donors (Lipinski definition) is 2. The number of aromatic nitrogens is 3. The van der Waals surface area contributed by atoms with Crippen molar-refractivity contribution in [2.24, 2.45) is 5.92 Å². The molecule has 164 valence electrons. The quantitative estimate of drug-likeness (QED) is 0.661. The predicted molar refractivity (Wildman–Crippen MR) is 124 cm³/mol. The van der Waals surface area contributed by atoms with E-state index in [0.29, 0.717) is 18.2 Å². The molecule has 1 fully saturated rings. The Balaban J connectivity index is 1.52. The third kappa shape index (κ3) is 3.51. The number of aromatic amines is 1. The summed E-state index contributed by atoms with van der Waals surface area (Å²) in [5.74, 6) is 2.16. The molecule has 3 aromatic rings. The van der Waals surface area contributed by atoms with Crippen LogP contribution in [0.15, 0.2) is 35.3 Å². The van der Waals surface area contributed by atoms with E-state index in [-0.39, 0.29) is 17.1 Å². The highest BCUT2D eigenvalue weighted by Crippen LogP contribution is 2.36. The van der Waals surface area contributed by atoms with Gasteiger partial charge in [-0.3, -0.25) is 9.36 Å². The minimum Gasteiger partial charge on any atom is -0.493 e. The molecule has 0 amide bonds. The van der Waals surface area contributed by atoms with E-state index in [4.69, 9.17) is 9.72 Å². The van der Waals surface area contributed by atoms with Gasteiger partial charge in [0.25, 0.3) is 5.56 Å². The Kier molecular flexibility index (Phi) is 4.81. The first-order valence-electron chi connectivity index (χ1n) is 11.2. The zero-order valence-electron chi connectivity index (χ0n) is 18.7. The Morgan fingerprint density at radius 1 is 1.29 bits per heavy atom. The summed E-state index contributed by atoms with van der Waals surface area (Å²) in [6.07, 6.45) is 3.09. The van der Waals surface area contributed by atoms with Gasteiger partial charge in [-0.15, -0.1) is 0 Å². The smallest absolute Gasteiger partial charge is 0.255 e. The van der Waals surface area contributed by atoms with Crippen LogP contribution in [-0.4, -0.2) is 45.8 Å². The van der Waals surface area contributed by atoms with Crippen molar-refractivity contribution in [1.82, 2.24) is 19.9 Å². The van der Waals surface area contributed by atoms with Gasteiger partial charge in [0.2, 0.25) is 5.95 Å². The van der Waals surface area contributed by atoms with Crippen LogP contribution in [0, 0.1) is 5.92 Å². The largest absolute Gasteiger partial charge is 0.493 e. The van der Waals surface area contributed by atoms with Crippen LogP contribution in [0.3, 0.4) is 0 Å². The molecular formula is C24H31N5O2. The van der Waals surface area contributed by atoms with E-state index in [1.54, 1.807) is 10.6 Å². The van der Waals surface area contributed by atoms with Crippen LogP contribution < -0.4 is 20.5 Å². The van der Waals surface area contributed by atoms with Crippen molar-refractivity contribution in [3.63, 3.8) is 0 Å². The highest BCUT2D eigenvalue weighted by molar-refractivity contribution is 5.95. The highest BCUT2D eigenvalue weighted by Gasteiger charge is 2.39. The number of hydrogen-bond acceptors (Lipinski definition) is 5. The van der Waals surface area contributed by atoms with Crippen LogP contribution >= 0.6 is 0 Å². The summed E-state index contributed by atoms with van der Waals surface area (Å²) in [7, 11) is 0. The van der Waals surface area contributed by atoms with Crippen molar-refractivity contribution in [3.8, 4) is 17.0 Å². The van der Waals surface area contributed by atoms with Crippen LogP contribution in [0.25, 0.3) is 22.2 Å². The van der Waals surface area contributed by atoms with Gasteiger partial charge in [0, 0.05) is 47.2 Å². The lowest BCUT2D eigenvalue weighted by molar-refractivity contribution is 0.260. The first-order valence-corrected chi connectivity index (χ1v) is 11.2. The van der Waals surface area contributed by atoms with Gasteiger partial charge in [-0.25, -0.2) is 4.98 Å². The second kappa shape index (κ2) is 7.41. The van der Waals surface area contributed by atoms with Gasteiger partial charge in [-0.05, 0) is 58.9 Å². The minimum atomic E-state index is -0.151. The molecule has 1 unspecified atom stereocenters. The molecule has 2 aromatic heterocycles. The zero-order valence-corrected chi connectivity index (χ0v) is 18.7. The van der Waals surface area contributed by atoms with Crippen molar-refractivity contribution < 1.29 is 4.74 Å². The van der Waals surface area contributed by atoms with E-state index in [1.165, 1.54) is 0 Å². The number of anilines is 1. The number of fused-ring (bicyclic) bond motifs is 2. The SMILES string of the molecule is CC(C)N1c2nc(-c3c[nH]c4ccc(OCC5CCNC5)cc34)cc(=O)n2CC1(C)C. The molecule has 2 N–H and O–H groups in total. The van der Waals surface area contributed by atoms with Crippen molar-refractivity contribution in [2.45, 2.75) is 52.2 Å². The summed E-state index contributed by atoms with van der Waals surface area (Å²) in [5, 5.41) is 4.40. The van der Waals surface area contributed by atoms with Crippen LogP contribution in [0.4, 0.5) is 5.95 Å². The van der Waals surface area contributed by atoms with Crippen LogP contribution in [0.1, 0.15) is 34.1 Å². The lowest BCUT2D eigenvalue weighted by Gasteiger charge is -2.35. The second-order valence-electron chi connectivity index (χ2n) is 9.72. The molecule has 31 heavy (non-hydrogen) atoms. The monoisotopic (exact) mass is 421 g/mol. The number of nitrogens with zero attached hydrogens (tertiary/aromatic N) is 3. The van der Waals surface area contributed by atoms with E-state index in [2.05, 4.69) is 49.0 Å². The Morgan fingerprint density at radius 3 is 2.87 bits per heavy atom. The van der Waals surface area contributed by atoms with Gasteiger partial charge in [0.05, 0.1) is 24.4 Å². The van der Waals surface area contributed by atoms with Gasteiger partial charge >= 0.3 is 0 Å². The molecule has 4 heterocycles. The number of benzene rings is 1. The third-order valence-electron chi connectivity index (χ3n) is 6.49. The lowest BCUT2D eigenvalue weighted by atomic mass is 10.0. The van der Waals surface area contributed by atoms with Crippen LogP contribution in [0.5, 0.6) is 5.75 Å². The summed E-state index contributed by atoms with van der Waals surface area (Å²) >= 11 is 0. The van der Waals surface area contributed by atoms with Crippen molar-refractivity contribution in [1.29, 1.82) is 0 Å². The molecule has 0 spiro atoms. The molecule has 2 aliphatic heterocycles. The lowest BCUT2D eigenvalue weighted by Crippen LogP contribution is -2.45. The molecule has 1 aromatic carbocycles. The maximum atomic E-state index is 13.0. The van der Waals surface area contributed by atoms with Gasteiger partial charge in [-0.2, -0.15) is 0 Å². The summed E-state index contributed by atoms with van der Waals surface area (Å²) in [5.41, 5.74) is 2.47. The molecule has 1 atom stereocenters. The molecule has 7 nitrogen and oxygen atoms in total. The average molecular weight is 422 g/mol. The molecule has 0 aliphatic carbocycles. The topological polar surface area (TPSA) is 75.2 Å². The Morgan fingerprint density at radius 2 is 2.13 bits per heavy atom.